The number of rotatable bonds is 5. The molecule has 0 amide bonds. The predicted octanol–water partition coefficient (Wildman–Crippen LogP) is 3.10. The number of unbranched alkanes of at least 4 members (excludes halogenated alkanes) is 1. The molecule has 0 saturated carbocycles. The highest BCUT2D eigenvalue weighted by Crippen LogP contribution is 2.37. The van der Waals surface area contributed by atoms with Crippen LogP contribution >= 0.6 is 0 Å². The third kappa shape index (κ3) is 2.68. The molecule has 1 aromatic rings. The van der Waals surface area contributed by atoms with Gasteiger partial charge in [0, 0.05) is 5.56 Å². The van der Waals surface area contributed by atoms with Crippen molar-refractivity contribution in [2.75, 3.05) is 13.2 Å². The molecular formula is C15H19FO3. The van der Waals surface area contributed by atoms with E-state index in [-0.39, 0.29) is 18.0 Å². The molecule has 1 aromatic carbocycles. The molecule has 3 rings (SSSR count). The average molecular weight is 266 g/mol. The molecule has 4 heteroatoms. The average Bonchev–Trinajstić information content (AvgIpc) is 3.26. The third-order valence-corrected chi connectivity index (χ3v) is 3.65. The van der Waals surface area contributed by atoms with Gasteiger partial charge in [0.1, 0.15) is 18.0 Å². The fourth-order valence-electron chi connectivity index (χ4n) is 2.40. The second kappa shape index (κ2) is 5.37. The molecule has 0 aromatic heterocycles. The van der Waals surface area contributed by atoms with Crippen LogP contribution in [0.15, 0.2) is 12.1 Å². The lowest BCUT2D eigenvalue weighted by Gasteiger charge is -2.25. The largest absolute Gasteiger partial charge is 0.491 e. The van der Waals surface area contributed by atoms with Crippen molar-refractivity contribution in [2.24, 2.45) is 0 Å². The fourth-order valence-corrected chi connectivity index (χ4v) is 2.40. The Bertz CT molecular complexity index is 457. The first kappa shape index (κ1) is 12.7. The van der Waals surface area contributed by atoms with E-state index < -0.39 is 0 Å². The van der Waals surface area contributed by atoms with Crippen LogP contribution in [0.3, 0.4) is 0 Å². The van der Waals surface area contributed by atoms with E-state index >= 15 is 0 Å². The number of ether oxygens (including phenoxy) is 3. The number of hydrogen-bond acceptors (Lipinski definition) is 3. The summed E-state index contributed by atoms with van der Waals surface area (Å²) in [6.07, 6.45) is 3.77. The highest BCUT2D eigenvalue weighted by atomic mass is 19.1. The molecular weight excluding hydrogens is 247 g/mol. The lowest BCUT2D eigenvalue weighted by molar-refractivity contribution is 0.134. The number of benzene rings is 1. The summed E-state index contributed by atoms with van der Waals surface area (Å²) in [5, 5.41) is 0. The molecule has 1 saturated heterocycles. The molecule has 0 bridgehead atoms. The summed E-state index contributed by atoms with van der Waals surface area (Å²) in [5.74, 6) is 0.729. The summed E-state index contributed by atoms with van der Waals surface area (Å²) in [5.41, 5.74) is 0.644. The number of halogens is 1. The van der Waals surface area contributed by atoms with Gasteiger partial charge in [-0.15, -0.1) is 0 Å². The second-order valence-electron chi connectivity index (χ2n) is 5.12. The van der Waals surface area contributed by atoms with Crippen LogP contribution < -0.4 is 9.47 Å². The van der Waals surface area contributed by atoms with Crippen LogP contribution in [0.1, 0.15) is 31.7 Å². The molecule has 0 spiro atoms. The molecule has 2 atom stereocenters. The lowest BCUT2D eigenvalue weighted by atomic mass is 10.00. The molecule has 3 nitrogen and oxygen atoms in total. The van der Waals surface area contributed by atoms with Gasteiger partial charge in [-0.1, -0.05) is 13.3 Å². The SMILES string of the molecule is CCCCOc1ccc2c(c1F)CC[C@@H]([C@@H]1CO1)O2. The molecule has 0 aliphatic carbocycles. The van der Waals surface area contributed by atoms with Gasteiger partial charge in [-0.2, -0.15) is 0 Å². The fraction of sp³-hybridized carbons (Fsp3) is 0.600. The van der Waals surface area contributed by atoms with Gasteiger partial charge in [0.2, 0.25) is 0 Å². The molecule has 0 unspecified atom stereocenters. The maximum atomic E-state index is 14.3. The van der Waals surface area contributed by atoms with E-state index in [1.54, 1.807) is 6.07 Å². The molecule has 19 heavy (non-hydrogen) atoms. The third-order valence-electron chi connectivity index (χ3n) is 3.65. The molecule has 2 aliphatic heterocycles. The van der Waals surface area contributed by atoms with Crippen molar-refractivity contribution in [3.8, 4) is 11.5 Å². The van der Waals surface area contributed by atoms with E-state index in [1.165, 1.54) is 0 Å². The monoisotopic (exact) mass is 266 g/mol. The highest BCUT2D eigenvalue weighted by molar-refractivity contribution is 5.43. The normalized spacial score (nSPS) is 24.5. The van der Waals surface area contributed by atoms with E-state index in [0.29, 0.717) is 30.1 Å². The maximum Gasteiger partial charge on any atom is 0.171 e. The number of epoxide rings is 1. The summed E-state index contributed by atoms with van der Waals surface area (Å²) in [7, 11) is 0. The summed E-state index contributed by atoms with van der Waals surface area (Å²) in [6, 6.07) is 3.48. The Hall–Kier alpha value is -1.29. The molecule has 2 aliphatic rings. The summed E-state index contributed by atoms with van der Waals surface area (Å²) < 4.78 is 30.8. The molecule has 104 valence electrons. The van der Waals surface area contributed by atoms with E-state index in [1.807, 2.05) is 6.07 Å². The Balaban J connectivity index is 1.73. The Morgan fingerprint density at radius 1 is 1.37 bits per heavy atom. The van der Waals surface area contributed by atoms with Crippen molar-refractivity contribution < 1.29 is 18.6 Å². The first-order chi connectivity index (χ1) is 9.29. The van der Waals surface area contributed by atoms with Gasteiger partial charge < -0.3 is 14.2 Å². The minimum absolute atomic E-state index is 0.0822. The zero-order chi connectivity index (χ0) is 13.2. The van der Waals surface area contributed by atoms with E-state index in [9.17, 15) is 4.39 Å². The molecule has 0 radical (unpaired) electrons. The molecule has 1 fully saturated rings. The Morgan fingerprint density at radius 2 is 2.21 bits per heavy atom. The van der Waals surface area contributed by atoms with Crippen LogP contribution in [0.5, 0.6) is 11.5 Å². The number of hydrogen-bond donors (Lipinski definition) is 0. The molecule has 0 N–H and O–H groups in total. The van der Waals surface area contributed by atoms with Crippen molar-refractivity contribution in [1.82, 2.24) is 0 Å². The van der Waals surface area contributed by atoms with Crippen LogP contribution in [0.25, 0.3) is 0 Å². The molecule has 2 heterocycles. The van der Waals surface area contributed by atoms with Gasteiger partial charge in [-0.25, -0.2) is 4.39 Å². The van der Waals surface area contributed by atoms with Gasteiger partial charge in [-0.3, -0.25) is 0 Å². The predicted molar refractivity (Wildman–Crippen MR) is 69.3 cm³/mol. The van der Waals surface area contributed by atoms with Gasteiger partial charge >= 0.3 is 0 Å². The zero-order valence-corrected chi connectivity index (χ0v) is 11.2. The first-order valence-corrected chi connectivity index (χ1v) is 7.02. The van der Waals surface area contributed by atoms with Crippen molar-refractivity contribution in [1.29, 1.82) is 0 Å². The van der Waals surface area contributed by atoms with Crippen LogP contribution in [0.2, 0.25) is 0 Å². The van der Waals surface area contributed by atoms with Crippen molar-refractivity contribution in [3.63, 3.8) is 0 Å². The summed E-state index contributed by atoms with van der Waals surface area (Å²) in [6.45, 7) is 3.41. The Morgan fingerprint density at radius 3 is 2.95 bits per heavy atom. The minimum Gasteiger partial charge on any atom is -0.491 e. The van der Waals surface area contributed by atoms with Crippen LogP contribution in [0, 0.1) is 5.82 Å². The number of fused-ring (bicyclic) bond motifs is 1. The second-order valence-corrected chi connectivity index (χ2v) is 5.12. The quantitative estimate of drug-likeness (QED) is 0.606. The Kier molecular flexibility index (Phi) is 3.60. The maximum absolute atomic E-state index is 14.3. The lowest BCUT2D eigenvalue weighted by Crippen LogP contribution is -2.28. The minimum atomic E-state index is -0.260. The van der Waals surface area contributed by atoms with Gasteiger partial charge in [0.05, 0.1) is 13.2 Å². The van der Waals surface area contributed by atoms with E-state index in [4.69, 9.17) is 14.2 Å². The smallest absolute Gasteiger partial charge is 0.171 e. The summed E-state index contributed by atoms with van der Waals surface area (Å²) >= 11 is 0. The van der Waals surface area contributed by atoms with Gasteiger partial charge in [0.15, 0.2) is 11.6 Å². The van der Waals surface area contributed by atoms with Crippen LogP contribution in [-0.4, -0.2) is 25.4 Å². The first-order valence-electron chi connectivity index (χ1n) is 7.02. The van der Waals surface area contributed by atoms with Gasteiger partial charge in [0.25, 0.3) is 0 Å². The van der Waals surface area contributed by atoms with Crippen LogP contribution in [-0.2, 0) is 11.2 Å². The van der Waals surface area contributed by atoms with Crippen molar-refractivity contribution in [3.05, 3.63) is 23.5 Å². The van der Waals surface area contributed by atoms with E-state index in [0.717, 1.165) is 25.9 Å². The van der Waals surface area contributed by atoms with E-state index in [2.05, 4.69) is 6.92 Å². The zero-order valence-electron chi connectivity index (χ0n) is 11.2. The van der Waals surface area contributed by atoms with Crippen LogP contribution in [0.4, 0.5) is 4.39 Å². The van der Waals surface area contributed by atoms with Crippen molar-refractivity contribution >= 4 is 0 Å². The standard InChI is InChI=1S/C15H19FO3/c1-2-3-8-17-13-7-6-11-10(15(13)16)4-5-12(19-11)14-9-18-14/h6-7,12,14H,2-5,8-9H2,1H3/t12-,14-/m0/s1. The van der Waals surface area contributed by atoms with Crippen molar-refractivity contribution in [2.45, 2.75) is 44.8 Å². The summed E-state index contributed by atoms with van der Waals surface area (Å²) in [4.78, 5) is 0. The highest BCUT2D eigenvalue weighted by Gasteiger charge is 2.37. The van der Waals surface area contributed by atoms with Gasteiger partial charge in [-0.05, 0) is 31.4 Å². The Labute approximate surface area is 112 Å². The topological polar surface area (TPSA) is 31.0 Å².